The SMILES string of the molecule is COc1ccc(P2(=S)CC(c3ccccc3)(C(C)(C)C)S2)cc1. The highest BCUT2D eigenvalue weighted by molar-refractivity contribution is 8.75. The lowest BCUT2D eigenvalue weighted by Gasteiger charge is -2.57. The Morgan fingerprint density at radius 3 is 2.09 bits per heavy atom. The molecular formula is C19H23OPS2. The molecule has 23 heavy (non-hydrogen) atoms. The van der Waals surface area contributed by atoms with Gasteiger partial charge in [-0.1, -0.05) is 62.9 Å². The molecule has 1 fully saturated rings. The maximum absolute atomic E-state index is 6.13. The molecule has 3 rings (SSSR count). The molecule has 0 saturated carbocycles. The van der Waals surface area contributed by atoms with E-state index in [1.807, 2.05) is 23.5 Å². The predicted octanol–water partition coefficient (Wildman–Crippen LogP) is 5.40. The van der Waals surface area contributed by atoms with E-state index in [1.54, 1.807) is 7.11 Å². The number of hydrogen-bond donors (Lipinski definition) is 0. The smallest absolute Gasteiger partial charge is 0.118 e. The molecule has 2 unspecified atom stereocenters. The molecule has 0 radical (unpaired) electrons. The molecule has 1 heterocycles. The molecule has 0 amide bonds. The quantitative estimate of drug-likeness (QED) is 0.676. The standard InChI is InChI=1S/C19H23OPS2/c1-18(2,3)19(15-8-6-5-7-9-15)14-21(22,23-19)17-12-10-16(20-4)11-13-17/h5-13H,14H2,1-4H3. The van der Waals surface area contributed by atoms with Crippen LogP contribution in [0.2, 0.25) is 0 Å². The van der Waals surface area contributed by atoms with Gasteiger partial charge in [0.05, 0.1) is 11.9 Å². The summed E-state index contributed by atoms with van der Waals surface area (Å²) in [6.45, 7) is 7.00. The second-order valence-corrected chi connectivity index (χ2v) is 15.1. The van der Waals surface area contributed by atoms with Crippen molar-refractivity contribution in [2.45, 2.75) is 25.5 Å². The summed E-state index contributed by atoms with van der Waals surface area (Å²) in [6, 6.07) is 19.2. The summed E-state index contributed by atoms with van der Waals surface area (Å²) >= 11 is 8.16. The summed E-state index contributed by atoms with van der Waals surface area (Å²) in [5.74, 6) is 0.894. The van der Waals surface area contributed by atoms with Gasteiger partial charge in [-0.25, -0.2) is 0 Å². The van der Waals surface area contributed by atoms with Crippen molar-refractivity contribution < 1.29 is 4.74 Å². The van der Waals surface area contributed by atoms with Crippen molar-refractivity contribution in [3.63, 3.8) is 0 Å². The van der Waals surface area contributed by atoms with E-state index >= 15 is 0 Å². The zero-order valence-electron chi connectivity index (χ0n) is 14.1. The highest BCUT2D eigenvalue weighted by Crippen LogP contribution is 2.81. The minimum Gasteiger partial charge on any atom is -0.497 e. The molecule has 1 nitrogen and oxygen atoms in total. The Morgan fingerprint density at radius 1 is 1.04 bits per heavy atom. The first-order valence-corrected chi connectivity index (χ1v) is 12.2. The fraction of sp³-hybridized carbons (Fsp3) is 0.368. The third kappa shape index (κ3) is 2.88. The summed E-state index contributed by atoms with van der Waals surface area (Å²) in [5.41, 5.74) is 1.58. The average molecular weight is 363 g/mol. The Morgan fingerprint density at radius 2 is 1.61 bits per heavy atom. The van der Waals surface area contributed by atoms with Gasteiger partial charge in [0, 0.05) is 11.4 Å². The van der Waals surface area contributed by atoms with Crippen LogP contribution in [0.25, 0.3) is 0 Å². The zero-order chi connectivity index (χ0) is 16.7. The summed E-state index contributed by atoms with van der Waals surface area (Å²) in [7, 11) is 1.70. The van der Waals surface area contributed by atoms with Crippen LogP contribution in [0.4, 0.5) is 0 Å². The lowest BCUT2D eigenvalue weighted by atomic mass is 9.76. The van der Waals surface area contributed by atoms with Gasteiger partial charge in [0.25, 0.3) is 0 Å². The normalized spacial score (nSPS) is 27.3. The van der Waals surface area contributed by atoms with Crippen LogP contribution in [0, 0.1) is 5.41 Å². The Kier molecular flexibility index (Phi) is 4.42. The first-order chi connectivity index (χ1) is 10.8. The molecule has 0 aliphatic carbocycles. The van der Waals surface area contributed by atoms with Gasteiger partial charge in [0.15, 0.2) is 0 Å². The van der Waals surface area contributed by atoms with Crippen molar-refractivity contribution in [2.75, 3.05) is 13.3 Å². The van der Waals surface area contributed by atoms with Crippen LogP contribution >= 0.6 is 16.6 Å². The average Bonchev–Trinajstić information content (AvgIpc) is 2.51. The van der Waals surface area contributed by atoms with Crippen LogP contribution in [-0.2, 0) is 16.6 Å². The van der Waals surface area contributed by atoms with Gasteiger partial charge in [0.2, 0.25) is 0 Å². The van der Waals surface area contributed by atoms with E-state index in [0.29, 0.717) is 0 Å². The predicted molar refractivity (Wildman–Crippen MR) is 107 cm³/mol. The number of rotatable bonds is 3. The van der Waals surface area contributed by atoms with Gasteiger partial charge >= 0.3 is 0 Å². The number of ether oxygens (including phenoxy) is 1. The van der Waals surface area contributed by atoms with Crippen molar-refractivity contribution in [1.82, 2.24) is 0 Å². The highest BCUT2D eigenvalue weighted by atomic mass is 32.9. The number of benzene rings is 2. The summed E-state index contributed by atoms with van der Waals surface area (Å²) in [6.07, 6.45) is 1.08. The van der Waals surface area contributed by atoms with Crippen molar-refractivity contribution in [3.8, 4) is 5.75 Å². The zero-order valence-corrected chi connectivity index (χ0v) is 16.6. The van der Waals surface area contributed by atoms with Crippen LogP contribution < -0.4 is 10.0 Å². The molecule has 4 heteroatoms. The van der Waals surface area contributed by atoms with Gasteiger partial charge in [-0.15, -0.1) is 11.4 Å². The number of hydrogen-bond acceptors (Lipinski definition) is 3. The van der Waals surface area contributed by atoms with Crippen LogP contribution in [0.5, 0.6) is 5.75 Å². The molecular weight excluding hydrogens is 339 g/mol. The molecule has 0 aromatic heterocycles. The van der Waals surface area contributed by atoms with Crippen LogP contribution in [0.1, 0.15) is 26.3 Å². The molecule has 2 aromatic rings. The van der Waals surface area contributed by atoms with Crippen molar-refractivity contribution in [2.24, 2.45) is 5.41 Å². The van der Waals surface area contributed by atoms with E-state index in [4.69, 9.17) is 16.5 Å². The van der Waals surface area contributed by atoms with E-state index in [2.05, 4.69) is 63.2 Å². The first kappa shape index (κ1) is 17.1. The van der Waals surface area contributed by atoms with Gasteiger partial charge < -0.3 is 4.74 Å². The highest BCUT2D eigenvalue weighted by Gasteiger charge is 2.57. The van der Waals surface area contributed by atoms with Crippen molar-refractivity contribution >= 4 is 33.7 Å². The van der Waals surface area contributed by atoms with Crippen LogP contribution in [-0.4, -0.2) is 13.3 Å². The third-order valence-electron chi connectivity index (χ3n) is 4.65. The van der Waals surface area contributed by atoms with Gasteiger partial charge in [-0.2, -0.15) is 0 Å². The van der Waals surface area contributed by atoms with Crippen LogP contribution in [0.3, 0.4) is 0 Å². The van der Waals surface area contributed by atoms with E-state index in [0.717, 1.165) is 11.9 Å². The summed E-state index contributed by atoms with van der Waals surface area (Å²) < 4.78 is 5.38. The maximum Gasteiger partial charge on any atom is 0.118 e. The monoisotopic (exact) mass is 362 g/mol. The fourth-order valence-electron chi connectivity index (χ4n) is 3.15. The van der Waals surface area contributed by atoms with Crippen molar-refractivity contribution in [3.05, 3.63) is 60.2 Å². The van der Waals surface area contributed by atoms with Gasteiger partial charge in [-0.3, -0.25) is 0 Å². The molecule has 122 valence electrons. The molecule has 0 bridgehead atoms. The Balaban J connectivity index is 1.95. The van der Waals surface area contributed by atoms with E-state index in [1.165, 1.54) is 10.9 Å². The fourth-order valence-corrected chi connectivity index (χ4v) is 12.8. The van der Waals surface area contributed by atoms with Crippen LogP contribution in [0.15, 0.2) is 54.6 Å². The minimum atomic E-state index is -1.56. The Hall–Kier alpha value is -0.760. The Bertz CT molecular complexity index is 722. The molecule has 2 aromatic carbocycles. The lowest BCUT2D eigenvalue weighted by Crippen LogP contribution is -2.47. The second-order valence-electron chi connectivity index (χ2n) is 7.06. The van der Waals surface area contributed by atoms with E-state index < -0.39 is 5.24 Å². The first-order valence-electron chi connectivity index (χ1n) is 7.81. The summed E-state index contributed by atoms with van der Waals surface area (Å²) in [5, 5.41) is -0.251. The number of methoxy groups -OCH3 is 1. The molecule has 2 atom stereocenters. The third-order valence-corrected chi connectivity index (χ3v) is 13.0. The maximum atomic E-state index is 6.13. The largest absolute Gasteiger partial charge is 0.497 e. The summed E-state index contributed by atoms with van der Waals surface area (Å²) in [4.78, 5) is 0. The second kappa shape index (κ2) is 5.95. The van der Waals surface area contributed by atoms with E-state index in [9.17, 15) is 0 Å². The molecule has 0 spiro atoms. The minimum absolute atomic E-state index is 0.115. The molecule has 1 aliphatic heterocycles. The lowest BCUT2D eigenvalue weighted by molar-refractivity contribution is 0.305. The molecule has 0 N–H and O–H groups in total. The molecule has 1 aliphatic rings. The Labute approximate surface area is 148 Å². The molecule has 1 saturated heterocycles. The van der Waals surface area contributed by atoms with E-state index in [-0.39, 0.29) is 10.2 Å². The van der Waals surface area contributed by atoms with Crippen molar-refractivity contribution in [1.29, 1.82) is 0 Å². The topological polar surface area (TPSA) is 9.23 Å². The van der Waals surface area contributed by atoms with Gasteiger partial charge in [0.1, 0.15) is 5.75 Å². The van der Waals surface area contributed by atoms with Gasteiger partial charge in [-0.05, 0) is 40.5 Å².